The van der Waals surface area contributed by atoms with Gasteiger partial charge in [0.1, 0.15) is 42.8 Å². The number of ether oxygens (including phenoxy) is 1. The van der Waals surface area contributed by atoms with Crippen LogP contribution in [-0.2, 0) is 44.5 Å². The van der Waals surface area contributed by atoms with E-state index >= 15 is 0 Å². The number of nitrogens with zero attached hydrogens (tertiary/aromatic N) is 4. The Kier molecular flexibility index (Phi) is 21.2. The van der Waals surface area contributed by atoms with E-state index in [1.54, 1.807) is 35.0 Å². The number of aryl methyl sites for hydroxylation is 2. The Morgan fingerprint density at radius 2 is 1.67 bits per heavy atom. The van der Waals surface area contributed by atoms with Gasteiger partial charge in [0.05, 0.1) is 45.0 Å². The molecule has 5 heterocycles. The van der Waals surface area contributed by atoms with E-state index in [1.165, 1.54) is 45.9 Å². The van der Waals surface area contributed by atoms with Crippen molar-refractivity contribution >= 4 is 88.3 Å². The number of benzene rings is 3. The molecule has 3 fully saturated rings. The number of hydrogen-bond acceptors (Lipinski definition) is 15. The highest BCUT2D eigenvalue weighted by Gasteiger charge is 2.47. The van der Waals surface area contributed by atoms with Crippen molar-refractivity contribution in [3.8, 4) is 16.2 Å². The number of nitrogens with two attached hydrogens (primary N) is 1. The van der Waals surface area contributed by atoms with Crippen molar-refractivity contribution in [2.75, 3.05) is 26.2 Å². The third-order valence-electron chi connectivity index (χ3n) is 16.2. The van der Waals surface area contributed by atoms with Gasteiger partial charge in [-0.25, -0.2) is 4.98 Å². The van der Waals surface area contributed by atoms with Gasteiger partial charge in [0.25, 0.3) is 5.52 Å². The number of aromatic amines is 1. The molecule has 0 radical (unpaired) electrons. The van der Waals surface area contributed by atoms with Crippen LogP contribution in [0.15, 0.2) is 72.2 Å². The zero-order chi connectivity index (χ0) is 63.2. The number of carbonyl (C=O) groups excluding carboxylic acids is 8. The molecule has 3 aliphatic heterocycles. The van der Waals surface area contributed by atoms with E-state index in [0.29, 0.717) is 42.1 Å². The fourth-order valence-corrected chi connectivity index (χ4v) is 13.0. The van der Waals surface area contributed by atoms with Gasteiger partial charge in [-0.15, -0.1) is 11.3 Å². The third kappa shape index (κ3) is 16.2. The average molecular weight is 1260 g/mol. The lowest BCUT2D eigenvalue weighted by molar-refractivity contribution is -0.146. The van der Waals surface area contributed by atoms with Crippen molar-refractivity contribution in [3.05, 3.63) is 105 Å². The quantitative estimate of drug-likeness (QED) is 0.0314. The molecule has 11 N–H and O–H groups in total. The zero-order valence-corrected chi connectivity index (χ0v) is 51.8. The minimum absolute atomic E-state index is 0.00247. The fourth-order valence-electron chi connectivity index (χ4n) is 11.5. The van der Waals surface area contributed by atoms with Crippen molar-refractivity contribution in [3.63, 3.8) is 0 Å². The summed E-state index contributed by atoms with van der Waals surface area (Å²) in [6.07, 6.45) is -0.859. The second-order valence-electron chi connectivity index (χ2n) is 23.7. The van der Waals surface area contributed by atoms with Gasteiger partial charge in [0.2, 0.25) is 41.4 Å². The van der Waals surface area contributed by atoms with Crippen molar-refractivity contribution in [1.29, 1.82) is 0 Å². The number of H-pyrrole nitrogens is 1. The lowest BCUT2D eigenvalue weighted by atomic mass is 9.85. The van der Waals surface area contributed by atoms with Crippen LogP contribution in [0.4, 0.5) is 0 Å². The predicted molar refractivity (Wildman–Crippen MR) is 324 cm³/mol. The number of likely N-dealkylation sites (tertiary alicyclic amines) is 1. The average Bonchev–Trinajstić information content (AvgIpc) is 2.34. The minimum atomic E-state index is -5.08. The summed E-state index contributed by atoms with van der Waals surface area (Å²) in [7, 11) is -5.08. The Morgan fingerprint density at radius 3 is 2.33 bits per heavy atom. The summed E-state index contributed by atoms with van der Waals surface area (Å²) in [5.41, 5.74) is 8.94. The first-order valence-electron chi connectivity index (χ1n) is 28.9. The van der Waals surface area contributed by atoms with E-state index in [-0.39, 0.29) is 86.3 Å². The monoisotopic (exact) mass is 1260 g/mol. The molecule has 0 spiro atoms. The van der Waals surface area contributed by atoms with Crippen molar-refractivity contribution < 1.29 is 67.7 Å². The van der Waals surface area contributed by atoms with E-state index in [2.05, 4.69) is 31.2 Å². The number of rotatable bonds is 23. The molecule has 5 aromatic rings. The molecule has 8 rings (SSSR count). The smallest absolute Gasteiger partial charge is 0.396 e. The maximum Gasteiger partial charge on any atom is 0.396 e. The van der Waals surface area contributed by atoms with E-state index in [9.17, 15) is 62.9 Å². The number of carbonyl (C=O) groups is 8. The topological polar surface area (TPSA) is 356 Å². The maximum atomic E-state index is 14.7. The molecular weight excluding hydrogens is 1180 g/mol. The molecule has 7 amide bonds. The number of primary amides is 1. The molecule has 0 aliphatic carbocycles. The molecule has 3 aromatic carbocycles. The first kappa shape index (κ1) is 65.9. The number of thiazole rings is 1. The second-order valence-corrected chi connectivity index (χ2v) is 26.5. The number of fused-ring (bicyclic) bond motifs is 2. The number of amides is 7. The van der Waals surface area contributed by atoms with Crippen LogP contribution in [0.5, 0.6) is 5.75 Å². The van der Waals surface area contributed by atoms with E-state index in [0.717, 1.165) is 21.7 Å². The van der Waals surface area contributed by atoms with Gasteiger partial charge in [0.15, 0.2) is 0 Å². The molecular formula is C60H76ClN10O14PS. The molecule has 0 saturated carbocycles. The van der Waals surface area contributed by atoms with E-state index in [1.807, 2.05) is 58.9 Å². The highest BCUT2D eigenvalue weighted by molar-refractivity contribution is 7.70. The first-order chi connectivity index (χ1) is 41.1. The fraction of sp³-hybridized carbons (Fsp3) is 0.483. The van der Waals surface area contributed by atoms with Crippen molar-refractivity contribution in [1.82, 2.24) is 45.9 Å². The van der Waals surface area contributed by atoms with E-state index < -0.39 is 109 Å². The third-order valence-corrected chi connectivity index (χ3v) is 18.4. The van der Waals surface area contributed by atoms with Crippen LogP contribution in [0.2, 0.25) is 5.02 Å². The number of hydrogen-bond donors (Lipinski definition) is 10. The van der Waals surface area contributed by atoms with Crippen LogP contribution < -0.4 is 31.7 Å². The molecule has 87 heavy (non-hydrogen) atoms. The SMILES string of the molecule is CC(=O)N1CC[C@H]2CC[C@@H](C(=O)N[C@@H](CCC(N)=O)COc3cccc(CCCC(=O)N[C@H](C(=O)N4C[C@H](O)C[C@H]4C(=O)N[C@@H](C)c4ccc(-c5scnc5C)cc4)C(C)(C)C)c3Cl)N2C(=O)[C@@H](NC(O)c2cc3cc(C(=O)P(=O)(O)O)ccc3[nH]2)C1. The summed E-state index contributed by atoms with van der Waals surface area (Å²) in [6.45, 7) is 10.4. The van der Waals surface area contributed by atoms with Gasteiger partial charge in [-0.05, 0) is 105 Å². The molecule has 0 bridgehead atoms. The summed E-state index contributed by atoms with van der Waals surface area (Å²) in [4.78, 5) is 140. The summed E-state index contributed by atoms with van der Waals surface area (Å²) < 4.78 is 17.8. The number of β-amino-alcohol motifs (C(OH)–C–C–N with tert-alkyl or cyclic N) is 1. The standard InChI is InChI=1S/C60H76ClN10O14PS/c1-32(35-13-15-37(16-14-35)52-33(2)63-31-87-52)64-56(78)47-27-42(73)28-70(47)58(80)53(60(4,5)6)68-50(75)12-8-10-36-9-7-11-48(51(36)61)85-30-40(18-22-49(62)74)65-55(77)46-21-19-41-23-24-69(34(3)72)29-45(57(79)71(41)46)67-54(76)44-26-39-25-38(17-20-43(39)66-44)59(81)86(82,83)84/h7,9,11,13-17,20,25-26,31-32,40-42,45-47,53-54,66-67,73,76H,8,10,12,18-19,21-24,27-30H2,1-6H3,(H2,62,74)(H,64,78)(H,65,77)(H,68,75)(H2,82,83,84)/t32-,40-,41+,42+,45-,46-,47-,53+,54?/m0/s1. The lowest BCUT2D eigenvalue weighted by Crippen LogP contribution is -2.61. The minimum Gasteiger partial charge on any atom is -0.490 e. The highest BCUT2D eigenvalue weighted by atomic mass is 35.5. The van der Waals surface area contributed by atoms with Gasteiger partial charge >= 0.3 is 7.60 Å². The highest BCUT2D eigenvalue weighted by Crippen LogP contribution is 2.40. The summed E-state index contributed by atoms with van der Waals surface area (Å²) in [5.74, 6) is -3.11. The van der Waals surface area contributed by atoms with Crippen molar-refractivity contribution in [2.45, 2.75) is 154 Å². The maximum absolute atomic E-state index is 14.7. The van der Waals surface area contributed by atoms with Crippen LogP contribution in [0.3, 0.4) is 0 Å². The molecule has 3 saturated heterocycles. The summed E-state index contributed by atoms with van der Waals surface area (Å²) in [5, 5.41) is 34.6. The molecule has 3 aliphatic rings. The first-order valence-corrected chi connectivity index (χ1v) is 31.8. The molecule has 27 heteroatoms. The normalized spacial score (nSPS) is 20.4. The second kappa shape index (κ2) is 27.9. The molecule has 9 atom stereocenters. The van der Waals surface area contributed by atoms with Crippen LogP contribution in [0.1, 0.15) is 131 Å². The number of aliphatic hydroxyl groups is 2. The molecule has 468 valence electrons. The zero-order valence-electron chi connectivity index (χ0n) is 49.3. The van der Waals surface area contributed by atoms with Gasteiger partial charge in [-0.3, -0.25) is 48.2 Å². The molecule has 1 unspecified atom stereocenters. The summed E-state index contributed by atoms with van der Waals surface area (Å²) >= 11 is 8.46. The largest absolute Gasteiger partial charge is 0.490 e. The Bertz CT molecular complexity index is 3440. The number of nitrogens with one attached hydrogen (secondary N) is 5. The summed E-state index contributed by atoms with van der Waals surface area (Å²) in [6, 6.07) is 12.4. The van der Waals surface area contributed by atoms with Gasteiger partial charge in [-0.2, -0.15) is 0 Å². The number of aromatic nitrogens is 2. The Balaban J connectivity index is 0.869. The van der Waals surface area contributed by atoms with Crippen LogP contribution in [0, 0.1) is 12.3 Å². The molecule has 24 nitrogen and oxygen atoms in total. The molecule has 2 aromatic heterocycles. The Morgan fingerprint density at radius 1 is 0.943 bits per heavy atom. The lowest BCUT2D eigenvalue weighted by Gasteiger charge is -2.39. The Hall–Kier alpha value is -7.09. The Labute approximate surface area is 512 Å². The van der Waals surface area contributed by atoms with Crippen molar-refractivity contribution in [2.24, 2.45) is 11.1 Å². The number of aliphatic hydroxyl groups excluding tert-OH is 2. The predicted octanol–water partition coefficient (Wildman–Crippen LogP) is 4.65. The van der Waals surface area contributed by atoms with Gasteiger partial charge in [0, 0.05) is 68.3 Å². The van der Waals surface area contributed by atoms with Crippen LogP contribution >= 0.6 is 30.5 Å². The van der Waals surface area contributed by atoms with Gasteiger partial charge < -0.3 is 66.1 Å². The van der Waals surface area contributed by atoms with Gasteiger partial charge in [-0.1, -0.05) is 68.8 Å². The van der Waals surface area contributed by atoms with E-state index in [4.69, 9.17) is 22.1 Å². The van der Waals surface area contributed by atoms with Crippen LogP contribution in [-0.4, -0.2) is 160 Å². The number of halogens is 1. The van der Waals surface area contributed by atoms with Crippen LogP contribution in [0.25, 0.3) is 21.3 Å².